The van der Waals surface area contributed by atoms with Crippen molar-refractivity contribution in [3.63, 3.8) is 0 Å². The Morgan fingerprint density at radius 3 is 2.14 bits per heavy atom. The summed E-state index contributed by atoms with van der Waals surface area (Å²) in [7, 11) is 0. The summed E-state index contributed by atoms with van der Waals surface area (Å²) in [6.07, 6.45) is 3.99. The number of hydrogen-bond acceptors (Lipinski definition) is 0. The third-order valence-electron chi connectivity index (χ3n) is 6.00. The van der Waals surface area contributed by atoms with Gasteiger partial charge in [-0.3, -0.25) is 0 Å². The van der Waals surface area contributed by atoms with Crippen molar-refractivity contribution in [3.05, 3.63) is 34.4 Å². The van der Waals surface area contributed by atoms with E-state index in [0.717, 1.165) is 11.8 Å². The predicted octanol–water partition coefficient (Wildman–Crippen LogP) is 6.86. The lowest BCUT2D eigenvalue weighted by molar-refractivity contribution is 0.258. The van der Waals surface area contributed by atoms with Crippen LogP contribution in [0.4, 0.5) is 0 Å². The molecule has 0 heteroatoms. The second kappa shape index (κ2) is 6.38. The Morgan fingerprint density at radius 1 is 1.09 bits per heavy atom. The molecule has 0 N–H and O–H groups in total. The van der Waals surface area contributed by atoms with Gasteiger partial charge in [0.1, 0.15) is 0 Å². The Balaban J connectivity index is 2.41. The van der Waals surface area contributed by atoms with Crippen molar-refractivity contribution in [1.29, 1.82) is 0 Å². The molecule has 124 valence electrons. The molecule has 1 aromatic rings. The van der Waals surface area contributed by atoms with Crippen LogP contribution in [0.25, 0.3) is 0 Å². The van der Waals surface area contributed by atoms with Gasteiger partial charge >= 0.3 is 0 Å². The van der Waals surface area contributed by atoms with E-state index in [4.69, 9.17) is 0 Å². The lowest BCUT2D eigenvalue weighted by atomic mass is 9.68. The molecule has 0 radical (unpaired) electrons. The standard InChI is InChI=1S/C22H36/c1-14(2)21-19(18-11-15(3)12-18)10-9-16(4)20(21)13-17(5)22(6,7)8/h9-10,14-15,17-18H,11-13H2,1-8H3/t15?,17-,18?/m0/s1. The van der Waals surface area contributed by atoms with Crippen LogP contribution < -0.4 is 0 Å². The summed E-state index contributed by atoms with van der Waals surface area (Å²) in [5.74, 6) is 3.08. The van der Waals surface area contributed by atoms with Crippen LogP contribution >= 0.6 is 0 Å². The molecule has 2 rings (SSSR count). The second-order valence-corrected chi connectivity index (χ2v) is 9.26. The minimum absolute atomic E-state index is 0.377. The first-order valence-electron chi connectivity index (χ1n) is 9.23. The molecule has 0 spiro atoms. The minimum atomic E-state index is 0.377. The molecule has 0 aliphatic heterocycles. The molecule has 1 fully saturated rings. The molecule has 1 aromatic carbocycles. The van der Waals surface area contributed by atoms with Gasteiger partial charge in [0.05, 0.1) is 0 Å². The van der Waals surface area contributed by atoms with Crippen LogP contribution in [0.15, 0.2) is 12.1 Å². The van der Waals surface area contributed by atoms with Gasteiger partial charge in [0.15, 0.2) is 0 Å². The van der Waals surface area contributed by atoms with Crippen molar-refractivity contribution in [3.8, 4) is 0 Å². The first-order valence-corrected chi connectivity index (χ1v) is 9.23. The van der Waals surface area contributed by atoms with Crippen molar-refractivity contribution < 1.29 is 0 Å². The lowest BCUT2D eigenvalue weighted by Gasteiger charge is -2.37. The Labute approximate surface area is 138 Å². The Morgan fingerprint density at radius 2 is 1.68 bits per heavy atom. The fraction of sp³-hybridized carbons (Fsp3) is 0.727. The molecular weight excluding hydrogens is 264 g/mol. The normalized spacial score (nSPS) is 23.5. The Kier molecular flexibility index (Phi) is 5.09. The van der Waals surface area contributed by atoms with Gasteiger partial charge < -0.3 is 0 Å². The van der Waals surface area contributed by atoms with E-state index >= 15 is 0 Å². The highest BCUT2D eigenvalue weighted by atomic mass is 14.4. The zero-order valence-electron chi connectivity index (χ0n) is 16.1. The summed E-state index contributed by atoms with van der Waals surface area (Å²) in [5.41, 5.74) is 6.86. The Bertz CT molecular complexity index is 510. The van der Waals surface area contributed by atoms with Gasteiger partial charge in [-0.05, 0) is 77.5 Å². The van der Waals surface area contributed by atoms with Crippen LogP contribution in [-0.4, -0.2) is 0 Å². The van der Waals surface area contributed by atoms with Gasteiger partial charge in [-0.15, -0.1) is 0 Å². The van der Waals surface area contributed by atoms with E-state index in [0.29, 0.717) is 17.3 Å². The average molecular weight is 301 g/mol. The third kappa shape index (κ3) is 3.58. The number of rotatable bonds is 4. The summed E-state index contributed by atoms with van der Waals surface area (Å²) < 4.78 is 0. The quantitative estimate of drug-likeness (QED) is 0.570. The largest absolute Gasteiger partial charge is 0.0625 e. The number of hydrogen-bond donors (Lipinski definition) is 0. The van der Waals surface area contributed by atoms with Gasteiger partial charge in [-0.2, -0.15) is 0 Å². The monoisotopic (exact) mass is 300 g/mol. The third-order valence-corrected chi connectivity index (χ3v) is 6.00. The smallest absolute Gasteiger partial charge is 0.0154 e. The van der Waals surface area contributed by atoms with E-state index in [2.05, 4.69) is 67.5 Å². The summed E-state index contributed by atoms with van der Waals surface area (Å²) >= 11 is 0. The van der Waals surface area contributed by atoms with Crippen LogP contribution in [0.2, 0.25) is 0 Å². The minimum Gasteiger partial charge on any atom is -0.0625 e. The van der Waals surface area contributed by atoms with Crippen molar-refractivity contribution in [1.82, 2.24) is 0 Å². The van der Waals surface area contributed by atoms with Crippen molar-refractivity contribution in [2.24, 2.45) is 17.3 Å². The summed E-state index contributed by atoms with van der Waals surface area (Å²) in [6.45, 7) is 19.0. The van der Waals surface area contributed by atoms with Crippen molar-refractivity contribution >= 4 is 0 Å². The SMILES string of the molecule is Cc1ccc(C2CC(C)C2)c(C(C)C)c1C[C@H](C)C(C)(C)C. The van der Waals surface area contributed by atoms with Gasteiger partial charge in [-0.25, -0.2) is 0 Å². The highest BCUT2D eigenvalue weighted by Crippen LogP contribution is 2.45. The molecule has 0 bridgehead atoms. The summed E-state index contributed by atoms with van der Waals surface area (Å²) in [6, 6.07) is 4.82. The first-order chi connectivity index (χ1) is 10.1. The molecule has 1 aliphatic carbocycles. The van der Waals surface area contributed by atoms with E-state index in [9.17, 15) is 0 Å². The topological polar surface area (TPSA) is 0 Å². The van der Waals surface area contributed by atoms with Crippen LogP contribution in [0.1, 0.15) is 95.4 Å². The van der Waals surface area contributed by atoms with Crippen molar-refractivity contribution in [2.75, 3.05) is 0 Å². The molecule has 0 saturated heterocycles. The first kappa shape index (κ1) is 17.6. The fourth-order valence-corrected chi connectivity index (χ4v) is 3.87. The molecule has 0 amide bonds. The van der Waals surface area contributed by atoms with Crippen LogP contribution in [0.5, 0.6) is 0 Å². The summed E-state index contributed by atoms with van der Waals surface area (Å²) in [5, 5.41) is 0. The molecule has 0 heterocycles. The van der Waals surface area contributed by atoms with Crippen LogP contribution in [-0.2, 0) is 6.42 Å². The van der Waals surface area contributed by atoms with Gasteiger partial charge in [0.2, 0.25) is 0 Å². The van der Waals surface area contributed by atoms with Crippen molar-refractivity contribution in [2.45, 2.75) is 86.5 Å². The highest BCUT2D eigenvalue weighted by molar-refractivity contribution is 5.45. The molecule has 1 aliphatic rings. The molecule has 1 atom stereocenters. The fourth-order valence-electron chi connectivity index (χ4n) is 3.87. The number of aryl methyl sites for hydroxylation is 1. The summed E-state index contributed by atoms with van der Waals surface area (Å²) in [4.78, 5) is 0. The van der Waals surface area contributed by atoms with E-state index in [1.807, 2.05) is 0 Å². The van der Waals surface area contributed by atoms with Gasteiger partial charge in [0.25, 0.3) is 0 Å². The maximum Gasteiger partial charge on any atom is -0.0154 e. The van der Waals surface area contributed by atoms with E-state index in [-0.39, 0.29) is 0 Å². The average Bonchev–Trinajstić information content (AvgIpc) is 2.35. The maximum absolute atomic E-state index is 2.44. The molecule has 0 unspecified atom stereocenters. The van der Waals surface area contributed by atoms with E-state index < -0.39 is 0 Å². The predicted molar refractivity (Wildman–Crippen MR) is 98.7 cm³/mol. The Hall–Kier alpha value is -0.780. The number of benzene rings is 1. The van der Waals surface area contributed by atoms with Crippen LogP contribution in [0.3, 0.4) is 0 Å². The zero-order chi connectivity index (χ0) is 16.7. The van der Waals surface area contributed by atoms with E-state index in [1.54, 1.807) is 16.7 Å². The molecule has 1 saturated carbocycles. The molecule has 0 aromatic heterocycles. The molecule has 0 nitrogen and oxygen atoms in total. The molecular formula is C22H36. The maximum atomic E-state index is 2.44. The zero-order valence-corrected chi connectivity index (χ0v) is 16.1. The van der Waals surface area contributed by atoms with Gasteiger partial charge in [0, 0.05) is 0 Å². The van der Waals surface area contributed by atoms with Gasteiger partial charge in [-0.1, -0.05) is 60.6 Å². The van der Waals surface area contributed by atoms with Crippen LogP contribution in [0, 0.1) is 24.2 Å². The highest BCUT2D eigenvalue weighted by Gasteiger charge is 2.31. The lowest BCUT2D eigenvalue weighted by Crippen LogP contribution is -2.24. The molecule has 22 heavy (non-hydrogen) atoms. The second-order valence-electron chi connectivity index (χ2n) is 9.26. The van der Waals surface area contributed by atoms with E-state index in [1.165, 1.54) is 24.8 Å².